The molecule has 2 aromatic carbocycles. The van der Waals surface area contributed by atoms with Crippen LogP contribution in [0.1, 0.15) is 22.3 Å². The van der Waals surface area contributed by atoms with Gasteiger partial charge in [0.1, 0.15) is 5.82 Å². The van der Waals surface area contributed by atoms with Crippen LogP contribution in [0.2, 0.25) is 0 Å². The second kappa shape index (κ2) is 5.74. The van der Waals surface area contributed by atoms with Gasteiger partial charge in [-0.25, -0.2) is 4.39 Å². The van der Waals surface area contributed by atoms with E-state index in [2.05, 4.69) is 47.2 Å². The van der Waals surface area contributed by atoms with Crippen LogP contribution in [0.3, 0.4) is 0 Å². The molecule has 0 aliphatic heterocycles. The van der Waals surface area contributed by atoms with Gasteiger partial charge < -0.3 is 5.32 Å². The van der Waals surface area contributed by atoms with Crippen LogP contribution in [0.5, 0.6) is 0 Å². The van der Waals surface area contributed by atoms with Crippen LogP contribution in [0.4, 0.5) is 10.1 Å². The summed E-state index contributed by atoms with van der Waals surface area (Å²) >= 11 is 3.48. The lowest BCUT2D eigenvalue weighted by Gasteiger charge is -2.13. The molecule has 0 radical (unpaired) electrons. The van der Waals surface area contributed by atoms with Crippen LogP contribution >= 0.6 is 15.9 Å². The van der Waals surface area contributed by atoms with Crippen molar-refractivity contribution in [2.24, 2.45) is 0 Å². The SMILES string of the molecule is Cc1ccc(CNc2c(C)cc(Br)cc2C)cc1F. The summed E-state index contributed by atoms with van der Waals surface area (Å²) in [6.45, 7) is 6.53. The topological polar surface area (TPSA) is 12.0 Å². The van der Waals surface area contributed by atoms with E-state index in [1.165, 1.54) is 11.1 Å². The zero-order valence-electron chi connectivity index (χ0n) is 11.3. The number of aryl methyl sites for hydroxylation is 3. The molecule has 2 aromatic rings. The lowest BCUT2D eigenvalue weighted by molar-refractivity contribution is 0.616. The quantitative estimate of drug-likeness (QED) is 0.826. The van der Waals surface area contributed by atoms with Gasteiger partial charge in [-0.1, -0.05) is 28.1 Å². The zero-order valence-corrected chi connectivity index (χ0v) is 12.9. The Morgan fingerprint density at radius 2 is 1.63 bits per heavy atom. The first-order valence-electron chi connectivity index (χ1n) is 6.23. The van der Waals surface area contributed by atoms with Crippen LogP contribution in [-0.4, -0.2) is 0 Å². The minimum absolute atomic E-state index is 0.149. The standard InChI is InChI=1S/C16H17BrFN/c1-10-4-5-13(8-15(10)18)9-19-16-11(2)6-14(17)7-12(16)3/h4-8,19H,9H2,1-3H3. The summed E-state index contributed by atoms with van der Waals surface area (Å²) in [6, 6.07) is 9.50. The first-order chi connectivity index (χ1) is 8.97. The highest BCUT2D eigenvalue weighted by Gasteiger charge is 2.05. The summed E-state index contributed by atoms with van der Waals surface area (Å²) in [4.78, 5) is 0. The first kappa shape index (κ1) is 14.1. The highest BCUT2D eigenvalue weighted by atomic mass is 79.9. The molecule has 3 heteroatoms. The van der Waals surface area contributed by atoms with Gasteiger partial charge in [-0.3, -0.25) is 0 Å². The molecule has 0 amide bonds. The third-order valence-electron chi connectivity index (χ3n) is 3.20. The van der Waals surface area contributed by atoms with Gasteiger partial charge in [0.05, 0.1) is 0 Å². The molecular formula is C16H17BrFN. The van der Waals surface area contributed by atoms with E-state index >= 15 is 0 Å². The van der Waals surface area contributed by atoms with Crippen LogP contribution in [0, 0.1) is 26.6 Å². The fourth-order valence-corrected chi connectivity index (χ4v) is 2.81. The molecule has 0 aliphatic rings. The number of hydrogen-bond donors (Lipinski definition) is 1. The van der Waals surface area contributed by atoms with Crippen molar-refractivity contribution >= 4 is 21.6 Å². The van der Waals surface area contributed by atoms with Gasteiger partial charge in [-0.05, 0) is 61.2 Å². The lowest BCUT2D eigenvalue weighted by atomic mass is 10.1. The van der Waals surface area contributed by atoms with E-state index in [9.17, 15) is 4.39 Å². The van der Waals surface area contributed by atoms with Crippen molar-refractivity contribution in [3.63, 3.8) is 0 Å². The molecule has 100 valence electrons. The molecule has 19 heavy (non-hydrogen) atoms. The van der Waals surface area contributed by atoms with Crippen molar-refractivity contribution in [1.29, 1.82) is 0 Å². The van der Waals surface area contributed by atoms with Gasteiger partial charge in [0.15, 0.2) is 0 Å². The number of benzene rings is 2. The maximum absolute atomic E-state index is 13.5. The maximum Gasteiger partial charge on any atom is 0.126 e. The number of nitrogens with one attached hydrogen (secondary N) is 1. The summed E-state index contributed by atoms with van der Waals surface area (Å²) in [5.41, 5.74) is 5.10. The third-order valence-corrected chi connectivity index (χ3v) is 3.66. The molecular weight excluding hydrogens is 305 g/mol. The van der Waals surface area contributed by atoms with E-state index < -0.39 is 0 Å². The summed E-state index contributed by atoms with van der Waals surface area (Å²) in [7, 11) is 0. The van der Waals surface area contributed by atoms with Crippen molar-refractivity contribution in [3.8, 4) is 0 Å². The Morgan fingerprint density at radius 3 is 2.21 bits per heavy atom. The van der Waals surface area contributed by atoms with E-state index in [0.717, 1.165) is 15.7 Å². The summed E-state index contributed by atoms with van der Waals surface area (Å²) in [5.74, 6) is -0.149. The van der Waals surface area contributed by atoms with E-state index in [4.69, 9.17) is 0 Å². The highest BCUT2D eigenvalue weighted by Crippen LogP contribution is 2.25. The second-order valence-electron chi connectivity index (χ2n) is 4.85. The molecule has 0 aliphatic carbocycles. The van der Waals surface area contributed by atoms with E-state index in [0.29, 0.717) is 12.1 Å². The van der Waals surface area contributed by atoms with Crippen LogP contribution in [0.25, 0.3) is 0 Å². The van der Waals surface area contributed by atoms with Gasteiger partial charge in [0, 0.05) is 16.7 Å². The second-order valence-corrected chi connectivity index (χ2v) is 5.77. The zero-order chi connectivity index (χ0) is 14.0. The Hall–Kier alpha value is -1.35. The van der Waals surface area contributed by atoms with Crippen molar-refractivity contribution in [1.82, 2.24) is 0 Å². The van der Waals surface area contributed by atoms with Crippen LogP contribution in [0.15, 0.2) is 34.8 Å². The smallest absolute Gasteiger partial charge is 0.126 e. The maximum atomic E-state index is 13.5. The van der Waals surface area contributed by atoms with Gasteiger partial charge in [-0.2, -0.15) is 0 Å². The van der Waals surface area contributed by atoms with Crippen molar-refractivity contribution in [2.75, 3.05) is 5.32 Å². The number of hydrogen-bond acceptors (Lipinski definition) is 1. The van der Waals surface area contributed by atoms with E-state index in [1.807, 2.05) is 12.1 Å². The number of rotatable bonds is 3. The predicted octanol–water partition coefficient (Wildman–Crippen LogP) is 5.13. The minimum Gasteiger partial charge on any atom is -0.381 e. The average Bonchev–Trinajstić information content (AvgIpc) is 2.32. The Morgan fingerprint density at radius 1 is 1.00 bits per heavy atom. The lowest BCUT2D eigenvalue weighted by Crippen LogP contribution is -2.03. The molecule has 0 aromatic heterocycles. The normalized spacial score (nSPS) is 10.6. The van der Waals surface area contributed by atoms with Crippen molar-refractivity contribution < 1.29 is 4.39 Å². The highest BCUT2D eigenvalue weighted by molar-refractivity contribution is 9.10. The summed E-state index contributed by atoms with van der Waals surface area (Å²) in [6.07, 6.45) is 0. The molecule has 0 heterocycles. The molecule has 2 rings (SSSR count). The molecule has 0 saturated carbocycles. The van der Waals surface area contributed by atoms with Crippen molar-refractivity contribution in [2.45, 2.75) is 27.3 Å². The third kappa shape index (κ3) is 3.35. The van der Waals surface area contributed by atoms with Crippen molar-refractivity contribution in [3.05, 3.63) is 62.9 Å². The fourth-order valence-electron chi connectivity index (χ4n) is 2.13. The predicted molar refractivity (Wildman–Crippen MR) is 82.1 cm³/mol. The van der Waals surface area contributed by atoms with E-state index in [1.54, 1.807) is 13.0 Å². The van der Waals surface area contributed by atoms with Gasteiger partial charge in [-0.15, -0.1) is 0 Å². The monoisotopic (exact) mass is 321 g/mol. The van der Waals surface area contributed by atoms with Gasteiger partial charge in [0.2, 0.25) is 0 Å². The Kier molecular flexibility index (Phi) is 4.25. The molecule has 0 saturated heterocycles. The summed E-state index contributed by atoms with van der Waals surface area (Å²) in [5, 5.41) is 3.38. The fraction of sp³-hybridized carbons (Fsp3) is 0.250. The number of halogens is 2. The molecule has 1 N–H and O–H groups in total. The first-order valence-corrected chi connectivity index (χ1v) is 7.02. The van der Waals surface area contributed by atoms with Crippen LogP contribution in [-0.2, 0) is 6.54 Å². The van der Waals surface area contributed by atoms with E-state index in [-0.39, 0.29) is 5.82 Å². The molecule has 0 unspecified atom stereocenters. The Balaban J connectivity index is 2.16. The molecule has 0 bridgehead atoms. The molecule has 0 atom stereocenters. The molecule has 1 nitrogen and oxygen atoms in total. The minimum atomic E-state index is -0.149. The van der Waals surface area contributed by atoms with Gasteiger partial charge >= 0.3 is 0 Å². The summed E-state index contributed by atoms with van der Waals surface area (Å²) < 4.78 is 14.6. The largest absolute Gasteiger partial charge is 0.381 e. The number of anilines is 1. The molecule has 0 spiro atoms. The van der Waals surface area contributed by atoms with Gasteiger partial charge in [0.25, 0.3) is 0 Å². The Labute approximate surface area is 122 Å². The Bertz CT molecular complexity index is 585. The molecule has 0 fully saturated rings. The average molecular weight is 322 g/mol. The van der Waals surface area contributed by atoms with Crippen LogP contribution < -0.4 is 5.32 Å².